The van der Waals surface area contributed by atoms with E-state index in [1.54, 1.807) is 34.6 Å². The molecule has 588 valence electrons. The van der Waals surface area contributed by atoms with Crippen LogP contribution in [0.1, 0.15) is 125 Å². The number of nitrogens with one attached hydrogen (secondary N) is 15. The van der Waals surface area contributed by atoms with Gasteiger partial charge in [-0.15, -0.1) is 0 Å². The molecule has 2 aliphatic heterocycles. The van der Waals surface area contributed by atoms with Crippen LogP contribution in [0.15, 0.2) is 25.0 Å². The standard InChI is InChI=1S/C65H101N19O22/c1-10-33(6)52(74-36(9)88)61(101)70-25-48(89)75-39(17-31(2)3)56(96)78-41(20-38-23-67-30-72-38)57(97)79-43(21-51(92)93)64(104)84-16-12-14-47(84)60(100)81-44(27-85)58(98)77-40(19-37-22-66-29-71-37)55(95)69-26-50(91)82-53(35(8)87)62(102)80-42(18-32(4)5)63(103)83-15-11-13-46(83)59(99)73-34(7)54(94)68-24-49(90)76-45(28-86)65(105)106/h22-23,29-35,39-47,52-53,85-87H,10-21,24-28H2,1-9H3,(H,66,71)(H,67,72)(H,68,94)(H,69,95)(H,70,101)(H,73,99)(H,74,88)(H,75,89)(H,76,90)(H,77,98)(H,78,96)(H,79,97)(H,80,102)(H,81,100)(H,82,91)(H,92,93)(H,105,106)/t33-,34-,35+,39-,40-,41-,42-,43-,44-,45-,46-,47-,52-,53-/m0/s1. The SMILES string of the molecule is CC[C@H](C)[C@H](NC(C)=O)C(=O)NCC(=O)N[C@@H](CC(C)C)C(=O)N[C@@H](Cc1cnc[nH]1)C(=O)N[C@@H](CC(=O)O)C(=O)N1CCC[C@H]1C(=O)N[C@@H](CO)C(=O)N[C@@H](Cc1cnc[nH]1)C(=O)NCC(=O)N[C@H](C(=O)N[C@@H](CC(C)C)C(=O)N1CCC[C@H]1C(=O)N[C@@H](C)C(=O)NCC(=O)N[C@@H](CO)C(=O)O)[C@@H](C)O. The van der Waals surface area contributed by atoms with E-state index in [0.717, 1.165) is 11.8 Å². The van der Waals surface area contributed by atoms with Crippen molar-refractivity contribution in [2.45, 2.75) is 205 Å². The van der Waals surface area contributed by atoms with E-state index in [2.05, 4.69) is 83.7 Å². The number of aliphatic hydroxyl groups is 3. The van der Waals surface area contributed by atoms with E-state index in [1.165, 1.54) is 43.8 Å². The number of carbonyl (C=O) groups excluding carboxylic acids is 15. The molecule has 4 rings (SSSR count). The Morgan fingerprint density at radius 1 is 0.491 bits per heavy atom. The Balaban J connectivity index is 1.43. The predicted octanol–water partition coefficient (Wildman–Crippen LogP) is -7.80. The third kappa shape index (κ3) is 28.1. The summed E-state index contributed by atoms with van der Waals surface area (Å²) < 4.78 is 0. The Morgan fingerprint density at radius 3 is 1.39 bits per heavy atom. The Morgan fingerprint density at radius 2 is 0.925 bits per heavy atom. The van der Waals surface area contributed by atoms with Gasteiger partial charge in [-0.05, 0) is 70.1 Å². The summed E-state index contributed by atoms with van der Waals surface area (Å²) in [5, 5.41) is 80.7. The summed E-state index contributed by atoms with van der Waals surface area (Å²) in [6.07, 6.45) is 2.89. The molecule has 106 heavy (non-hydrogen) atoms. The number of amides is 15. The zero-order chi connectivity index (χ0) is 79.2. The number of aliphatic carboxylic acids is 2. The van der Waals surface area contributed by atoms with Crippen LogP contribution in [0.25, 0.3) is 0 Å². The van der Waals surface area contributed by atoms with E-state index < -0.39 is 218 Å². The monoisotopic (exact) mass is 1500 g/mol. The molecule has 20 N–H and O–H groups in total. The molecule has 14 atom stereocenters. The second kappa shape index (κ2) is 42.9. The summed E-state index contributed by atoms with van der Waals surface area (Å²) in [4.78, 5) is 242. The van der Waals surface area contributed by atoms with Crippen LogP contribution in [-0.2, 0) is 94.3 Å². The highest BCUT2D eigenvalue weighted by molar-refractivity contribution is 6.01. The Bertz CT molecular complexity index is 3410. The molecule has 0 aromatic carbocycles. The molecule has 2 saturated heterocycles. The van der Waals surface area contributed by atoms with Gasteiger partial charge in [-0.2, -0.15) is 0 Å². The number of aliphatic hydroxyl groups excluding tert-OH is 3. The molecule has 0 unspecified atom stereocenters. The zero-order valence-corrected chi connectivity index (χ0v) is 60.5. The maximum absolute atomic E-state index is 14.4. The van der Waals surface area contributed by atoms with Crippen molar-refractivity contribution in [3.8, 4) is 0 Å². The van der Waals surface area contributed by atoms with Crippen LogP contribution in [0.5, 0.6) is 0 Å². The Hall–Kier alpha value is -10.7. The maximum atomic E-state index is 14.4. The van der Waals surface area contributed by atoms with Gasteiger partial charge in [0.1, 0.15) is 72.5 Å². The fraction of sp³-hybridized carbons (Fsp3) is 0.646. The van der Waals surface area contributed by atoms with Gasteiger partial charge in [0.15, 0.2) is 0 Å². The number of carboxylic acids is 2. The van der Waals surface area contributed by atoms with Gasteiger partial charge in [-0.3, -0.25) is 76.7 Å². The molecule has 41 nitrogen and oxygen atoms in total. The highest BCUT2D eigenvalue weighted by Crippen LogP contribution is 2.23. The minimum atomic E-state index is -1.89. The molecule has 2 aromatic rings. The topological polar surface area (TPSA) is 612 Å². The minimum absolute atomic E-state index is 0.00461. The van der Waals surface area contributed by atoms with Gasteiger partial charge in [0.25, 0.3) is 0 Å². The lowest BCUT2D eigenvalue weighted by molar-refractivity contribution is -0.146. The van der Waals surface area contributed by atoms with Crippen molar-refractivity contribution in [3.05, 3.63) is 36.4 Å². The Kier molecular flexibility index (Phi) is 35.5. The lowest BCUT2D eigenvalue weighted by Gasteiger charge is -2.31. The Labute approximate surface area is 609 Å². The third-order valence-electron chi connectivity index (χ3n) is 17.2. The third-order valence-corrected chi connectivity index (χ3v) is 17.2. The van der Waals surface area contributed by atoms with Crippen molar-refractivity contribution in [1.29, 1.82) is 0 Å². The molecule has 0 aliphatic carbocycles. The van der Waals surface area contributed by atoms with Crippen LogP contribution < -0.4 is 69.1 Å². The molecule has 2 fully saturated rings. The van der Waals surface area contributed by atoms with Crippen LogP contribution in [0.2, 0.25) is 0 Å². The van der Waals surface area contributed by atoms with Crippen molar-refractivity contribution in [1.82, 2.24) is 98.9 Å². The number of aromatic amines is 2. The van der Waals surface area contributed by atoms with Gasteiger partial charge < -0.3 is 114 Å². The van der Waals surface area contributed by atoms with E-state index in [1.807, 2.05) is 12.2 Å². The first-order valence-electron chi connectivity index (χ1n) is 34.7. The smallest absolute Gasteiger partial charge is 0.328 e. The second-order valence-corrected chi connectivity index (χ2v) is 26.8. The molecule has 0 radical (unpaired) electrons. The van der Waals surface area contributed by atoms with Crippen LogP contribution in [0.4, 0.5) is 0 Å². The molecule has 0 saturated carbocycles. The maximum Gasteiger partial charge on any atom is 0.328 e. The average Bonchev–Trinajstić information content (AvgIpc) is 1.62. The van der Waals surface area contributed by atoms with Gasteiger partial charge in [-0.1, -0.05) is 48.0 Å². The molecule has 0 bridgehead atoms. The molecule has 2 aromatic heterocycles. The normalized spacial score (nSPS) is 17.5. The number of hydrogen-bond donors (Lipinski definition) is 20. The summed E-state index contributed by atoms with van der Waals surface area (Å²) in [6.45, 7) is 9.83. The fourth-order valence-electron chi connectivity index (χ4n) is 11.5. The number of carboxylic acid groups (broad SMARTS) is 2. The van der Waals surface area contributed by atoms with Crippen LogP contribution in [0, 0.1) is 17.8 Å². The van der Waals surface area contributed by atoms with Crippen LogP contribution in [0.3, 0.4) is 0 Å². The molecular formula is C65H101N19O22. The minimum Gasteiger partial charge on any atom is -0.481 e. The predicted molar refractivity (Wildman–Crippen MR) is 368 cm³/mol. The van der Waals surface area contributed by atoms with Crippen molar-refractivity contribution < 1.29 is 107 Å². The quantitative estimate of drug-likeness (QED) is 0.0293. The van der Waals surface area contributed by atoms with Crippen molar-refractivity contribution in [2.75, 3.05) is 45.9 Å². The van der Waals surface area contributed by atoms with Crippen LogP contribution in [-0.4, -0.2) is 280 Å². The first-order valence-corrected chi connectivity index (χ1v) is 34.7. The zero-order valence-electron chi connectivity index (χ0n) is 60.5. The van der Waals surface area contributed by atoms with Crippen LogP contribution >= 0.6 is 0 Å². The number of carbonyl (C=O) groups is 17. The first-order chi connectivity index (χ1) is 50.0. The number of aromatic nitrogens is 4. The number of H-pyrrole nitrogens is 2. The van der Waals surface area contributed by atoms with Gasteiger partial charge >= 0.3 is 11.9 Å². The lowest BCUT2D eigenvalue weighted by atomic mass is 9.98. The van der Waals surface area contributed by atoms with Crippen molar-refractivity contribution >= 4 is 101 Å². The number of likely N-dealkylation sites (tertiary alicyclic amines) is 2. The van der Waals surface area contributed by atoms with Crippen molar-refractivity contribution in [2.24, 2.45) is 17.8 Å². The first kappa shape index (κ1) is 87.7. The van der Waals surface area contributed by atoms with E-state index in [4.69, 9.17) is 10.2 Å². The van der Waals surface area contributed by atoms with E-state index >= 15 is 0 Å². The summed E-state index contributed by atoms with van der Waals surface area (Å²) >= 11 is 0. The lowest BCUT2D eigenvalue weighted by Crippen LogP contribution is -2.61. The van der Waals surface area contributed by atoms with E-state index in [9.17, 15) is 96.8 Å². The van der Waals surface area contributed by atoms with Gasteiger partial charge in [0.05, 0.1) is 58.0 Å². The highest BCUT2D eigenvalue weighted by atomic mass is 16.4. The van der Waals surface area contributed by atoms with E-state index in [0.29, 0.717) is 18.5 Å². The average molecular weight is 1500 g/mol. The number of rotatable bonds is 43. The van der Waals surface area contributed by atoms with Gasteiger partial charge in [0.2, 0.25) is 88.6 Å². The van der Waals surface area contributed by atoms with Gasteiger partial charge in [-0.25, -0.2) is 14.8 Å². The fourth-order valence-corrected chi connectivity index (χ4v) is 11.5. The number of hydrogen-bond acceptors (Lipinski definition) is 22. The summed E-state index contributed by atoms with van der Waals surface area (Å²) in [5.74, 6) is -17.5. The van der Waals surface area contributed by atoms with Crippen molar-refractivity contribution in [3.63, 3.8) is 0 Å². The molecule has 0 spiro atoms. The second-order valence-electron chi connectivity index (χ2n) is 26.8. The molecule has 2 aliphatic rings. The summed E-state index contributed by atoms with van der Waals surface area (Å²) in [7, 11) is 0. The summed E-state index contributed by atoms with van der Waals surface area (Å²) in [5.41, 5.74) is 0.554. The largest absolute Gasteiger partial charge is 0.481 e. The molecule has 41 heteroatoms. The number of imidazole rings is 2. The molecule has 4 heterocycles. The van der Waals surface area contributed by atoms with E-state index in [-0.39, 0.29) is 81.5 Å². The molecular weight excluding hydrogens is 1400 g/mol. The molecule has 15 amide bonds. The number of nitrogens with zero attached hydrogens (tertiary/aromatic N) is 4. The van der Waals surface area contributed by atoms with Gasteiger partial charge in [0, 0.05) is 56.6 Å². The highest BCUT2D eigenvalue weighted by Gasteiger charge is 2.43. The summed E-state index contributed by atoms with van der Waals surface area (Å²) in [6, 6.07) is -17.8.